The number of benzene rings is 1. The maximum absolute atomic E-state index is 11.9. The van der Waals surface area contributed by atoms with Crippen molar-refractivity contribution in [2.24, 2.45) is 0 Å². The molecular formula is C10H10F2N2O4. The van der Waals surface area contributed by atoms with Crippen molar-refractivity contribution in [3.8, 4) is 0 Å². The molecule has 1 aromatic rings. The third-order valence-electron chi connectivity index (χ3n) is 2.15. The highest BCUT2D eigenvalue weighted by molar-refractivity contribution is 5.94. The monoisotopic (exact) mass is 260 g/mol. The van der Waals surface area contributed by atoms with E-state index in [0.717, 1.165) is 6.07 Å². The maximum Gasteiger partial charge on any atom is 0.343 e. The highest BCUT2D eigenvalue weighted by Crippen LogP contribution is 2.22. The van der Waals surface area contributed by atoms with E-state index in [0.29, 0.717) is 0 Å². The fourth-order valence-electron chi connectivity index (χ4n) is 1.45. The molecular weight excluding hydrogens is 250 g/mol. The van der Waals surface area contributed by atoms with Gasteiger partial charge in [-0.3, -0.25) is 10.1 Å². The van der Waals surface area contributed by atoms with Crippen LogP contribution in [0.25, 0.3) is 0 Å². The summed E-state index contributed by atoms with van der Waals surface area (Å²) in [7, 11) is 0. The van der Waals surface area contributed by atoms with Crippen LogP contribution in [-0.2, 0) is 6.54 Å². The molecule has 0 fully saturated rings. The van der Waals surface area contributed by atoms with Crippen molar-refractivity contribution in [2.45, 2.75) is 13.0 Å². The van der Waals surface area contributed by atoms with E-state index in [9.17, 15) is 23.7 Å². The van der Waals surface area contributed by atoms with E-state index < -0.39 is 35.1 Å². The Kier molecular flexibility index (Phi) is 4.67. The fourth-order valence-corrected chi connectivity index (χ4v) is 1.45. The van der Waals surface area contributed by atoms with E-state index in [-0.39, 0.29) is 12.1 Å². The lowest BCUT2D eigenvalue weighted by atomic mass is 10.1. The standard InChI is InChI=1S/C10H10F2N2O4/c11-8(12)5-13-4-6-2-1-3-7(14(17)18)9(6)10(15)16/h1-3,8,13H,4-5H2,(H,15,16). The lowest BCUT2D eigenvalue weighted by Crippen LogP contribution is -2.22. The molecule has 8 heteroatoms. The molecule has 0 aromatic heterocycles. The third kappa shape index (κ3) is 3.45. The number of hydrogen-bond donors (Lipinski definition) is 2. The number of nitro groups is 1. The number of carboxylic acid groups (broad SMARTS) is 1. The van der Waals surface area contributed by atoms with Gasteiger partial charge in [0.05, 0.1) is 11.5 Å². The van der Waals surface area contributed by atoms with Crippen LogP contribution in [0.1, 0.15) is 15.9 Å². The van der Waals surface area contributed by atoms with Crippen molar-refractivity contribution >= 4 is 11.7 Å². The van der Waals surface area contributed by atoms with Gasteiger partial charge in [-0.05, 0) is 5.56 Å². The molecule has 0 amide bonds. The zero-order chi connectivity index (χ0) is 13.7. The first-order valence-corrected chi connectivity index (χ1v) is 4.92. The van der Waals surface area contributed by atoms with Gasteiger partial charge in [0.25, 0.3) is 12.1 Å². The molecule has 0 spiro atoms. The van der Waals surface area contributed by atoms with Gasteiger partial charge in [0, 0.05) is 12.6 Å². The van der Waals surface area contributed by atoms with Crippen molar-refractivity contribution in [3.05, 3.63) is 39.4 Å². The van der Waals surface area contributed by atoms with Crippen LogP contribution in [0.3, 0.4) is 0 Å². The molecule has 0 radical (unpaired) electrons. The van der Waals surface area contributed by atoms with E-state index in [1.807, 2.05) is 0 Å². The minimum Gasteiger partial charge on any atom is -0.477 e. The summed E-state index contributed by atoms with van der Waals surface area (Å²) in [6.07, 6.45) is -2.57. The molecule has 0 bridgehead atoms. The second-order valence-electron chi connectivity index (χ2n) is 3.40. The van der Waals surface area contributed by atoms with Gasteiger partial charge in [-0.2, -0.15) is 0 Å². The van der Waals surface area contributed by atoms with E-state index in [4.69, 9.17) is 5.11 Å². The lowest BCUT2D eigenvalue weighted by molar-refractivity contribution is -0.385. The summed E-state index contributed by atoms with van der Waals surface area (Å²) in [5.41, 5.74) is -0.944. The molecule has 0 aliphatic rings. The maximum atomic E-state index is 11.9. The largest absolute Gasteiger partial charge is 0.477 e. The predicted molar refractivity (Wildman–Crippen MR) is 57.8 cm³/mol. The number of carboxylic acids is 1. The molecule has 0 saturated carbocycles. The van der Waals surface area contributed by atoms with E-state index in [1.165, 1.54) is 12.1 Å². The summed E-state index contributed by atoms with van der Waals surface area (Å²) in [5, 5.41) is 21.9. The van der Waals surface area contributed by atoms with Gasteiger partial charge in [-0.15, -0.1) is 0 Å². The quantitative estimate of drug-likeness (QED) is 0.599. The van der Waals surface area contributed by atoms with Gasteiger partial charge in [0.2, 0.25) is 0 Å². The molecule has 0 aliphatic heterocycles. The molecule has 6 nitrogen and oxygen atoms in total. The summed E-state index contributed by atoms with van der Waals surface area (Å²) >= 11 is 0. The summed E-state index contributed by atoms with van der Waals surface area (Å²) < 4.78 is 23.8. The summed E-state index contributed by atoms with van der Waals surface area (Å²) in [6.45, 7) is -0.782. The van der Waals surface area contributed by atoms with Crippen LogP contribution in [0.5, 0.6) is 0 Å². The summed E-state index contributed by atoms with van der Waals surface area (Å²) in [4.78, 5) is 20.8. The lowest BCUT2D eigenvalue weighted by Gasteiger charge is -2.07. The van der Waals surface area contributed by atoms with Crippen LogP contribution in [0, 0.1) is 10.1 Å². The van der Waals surface area contributed by atoms with Gasteiger partial charge >= 0.3 is 5.97 Å². The fraction of sp³-hybridized carbons (Fsp3) is 0.300. The number of alkyl halides is 2. The highest BCUT2D eigenvalue weighted by atomic mass is 19.3. The normalized spacial score (nSPS) is 10.6. The molecule has 0 saturated heterocycles. The molecule has 0 heterocycles. The second kappa shape index (κ2) is 6.01. The number of nitrogens with zero attached hydrogens (tertiary/aromatic N) is 1. The smallest absolute Gasteiger partial charge is 0.343 e. The molecule has 18 heavy (non-hydrogen) atoms. The van der Waals surface area contributed by atoms with E-state index >= 15 is 0 Å². The van der Waals surface area contributed by atoms with Crippen LogP contribution in [0.15, 0.2) is 18.2 Å². The Morgan fingerprint density at radius 2 is 2.17 bits per heavy atom. The number of nitro benzene ring substituents is 1. The summed E-state index contributed by atoms with van der Waals surface area (Å²) in [5.74, 6) is -1.46. The molecule has 1 aromatic carbocycles. The average Bonchev–Trinajstić information content (AvgIpc) is 2.27. The van der Waals surface area contributed by atoms with Crippen LogP contribution in [0.4, 0.5) is 14.5 Å². The number of carbonyl (C=O) groups is 1. The Bertz CT molecular complexity index is 465. The molecule has 0 aliphatic carbocycles. The summed E-state index contributed by atoms with van der Waals surface area (Å²) in [6, 6.07) is 3.71. The zero-order valence-electron chi connectivity index (χ0n) is 9.10. The van der Waals surface area contributed by atoms with Crippen LogP contribution in [-0.4, -0.2) is 29.0 Å². The van der Waals surface area contributed by atoms with Crippen LogP contribution in [0.2, 0.25) is 0 Å². The number of halogens is 2. The van der Waals surface area contributed by atoms with Crippen molar-refractivity contribution < 1.29 is 23.6 Å². The minimum atomic E-state index is -2.57. The molecule has 98 valence electrons. The van der Waals surface area contributed by atoms with Crippen molar-refractivity contribution in [1.82, 2.24) is 5.32 Å². The first-order chi connectivity index (χ1) is 8.43. The second-order valence-corrected chi connectivity index (χ2v) is 3.40. The number of hydrogen-bond acceptors (Lipinski definition) is 4. The van der Waals surface area contributed by atoms with Gasteiger partial charge < -0.3 is 10.4 Å². The van der Waals surface area contributed by atoms with Gasteiger partial charge in [-0.1, -0.05) is 12.1 Å². The first-order valence-electron chi connectivity index (χ1n) is 4.92. The van der Waals surface area contributed by atoms with Gasteiger partial charge in [0.1, 0.15) is 5.56 Å². The topological polar surface area (TPSA) is 92.5 Å². The molecule has 1 rings (SSSR count). The van der Waals surface area contributed by atoms with Gasteiger partial charge in [0.15, 0.2) is 0 Å². The van der Waals surface area contributed by atoms with Crippen LogP contribution < -0.4 is 5.32 Å². The van der Waals surface area contributed by atoms with Crippen molar-refractivity contribution in [3.63, 3.8) is 0 Å². The Hall–Kier alpha value is -2.09. The molecule has 0 atom stereocenters. The van der Waals surface area contributed by atoms with Crippen molar-refractivity contribution in [1.29, 1.82) is 0 Å². The Balaban J connectivity index is 3.00. The SMILES string of the molecule is O=C(O)c1c(CNCC(F)F)cccc1[N+](=O)[O-]. The highest BCUT2D eigenvalue weighted by Gasteiger charge is 2.23. The molecule has 2 N–H and O–H groups in total. The Morgan fingerprint density at radius 3 is 2.67 bits per heavy atom. The zero-order valence-corrected chi connectivity index (χ0v) is 9.10. The number of aromatic carboxylic acids is 1. The Morgan fingerprint density at radius 1 is 1.50 bits per heavy atom. The average molecular weight is 260 g/mol. The van der Waals surface area contributed by atoms with E-state index in [1.54, 1.807) is 0 Å². The van der Waals surface area contributed by atoms with E-state index in [2.05, 4.69) is 5.32 Å². The van der Waals surface area contributed by atoms with Crippen molar-refractivity contribution in [2.75, 3.05) is 6.54 Å². The minimum absolute atomic E-state index is 0.0948. The van der Waals surface area contributed by atoms with Gasteiger partial charge in [-0.25, -0.2) is 13.6 Å². The number of nitrogens with one attached hydrogen (secondary N) is 1. The Labute approximate surface area is 100 Å². The predicted octanol–water partition coefficient (Wildman–Crippen LogP) is 1.65. The third-order valence-corrected chi connectivity index (χ3v) is 2.15. The van der Waals surface area contributed by atoms with Crippen LogP contribution >= 0.6 is 0 Å². The number of rotatable bonds is 6. The molecule has 0 unspecified atom stereocenters. The first kappa shape index (κ1) is 14.0.